The van der Waals surface area contributed by atoms with Gasteiger partial charge in [-0.1, -0.05) is 29.8 Å². The van der Waals surface area contributed by atoms with Crippen LogP contribution >= 0.6 is 0 Å². The summed E-state index contributed by atoms with van der Waals surface area (Å²) in [6.45, 7) is 5.36. The highest BCUT2D eigenvalue weighted by atomic mass is 16.5. The third-order valence-corrected chi connectivity index (χ3v) is 3.58. The van der Waals surface area contributed by atoms with Gasteiger partial charge in [-0.05, 0) is 45.0 Å². The summed E-state index contributed by atoms with van der Waals surface area (Å²) in [5.41, 5.74) is 1.37. The van der Waals surface area contributed by atoms with Crippen molar-refractivity contribution in [1.82, 2.24) is 5.32 Å². The van der Waals surface area contributed by atoms with E-state index >= 15 is 0 Å². The summed E-state index contributed by atoms with van der Waals surface area (Å²) in [6, 6.07) is 14.3. The van der Waals surface area contributed by atoms with Gasteiger partial charge in [0.1, 0.15) is 5.75 Å². The van der Waals surface area contributed by atoms with Crippen molar-refractivity contribution in [3.63, 3.8) is 0 Å². The van der Waals surface area contributed by atoms with E-state index in [1.165, 1.54) is 0 Å². The summed E-state index contributed by atoms with van der Waals surface area (Å²) in [5, 5.41) is 2.56. The molecule has 4 heteroatoms. The largest absolute Gasteiger partial charge is 0.478 e. The first-order valence-electron chi connectivity index (χ1n) is 7.46. The average molecular weight is 311 g/mol. The van der Waals surface area contributed by atoms with Crippen molar-refractivity contribution < 1.29 is 14.3 Å². The van der Waals surface area contributed by atoms with Crippen molar-refractivity contribution in [1.29, 1.82) is 0 Å². The van der Waals surface area contributed by atoms with Gasteiger partial charge in [-0.2, -0.15) is 0 Å². The van der Waals surface area contributed by atoms with Gasteiger partial charge in [-0.15, -0.1) is 0 Å². The first kappa shape index (κ1) is 16.7. The lowest BCUT2D eigenvalue weighted by Crippen LogP contribution is -2.45. The topological polar surface area (TPSA) is 55.4 Å². The van der Waals surface area contributed by atoms with E-state index in [-0.39, 0.29) is 11.7 Å². The van der Waals surface area contributed by atoms with Gasteiger partial charge in [-0.25, -0.2) is 0 Å². The SMILES string of the molecule is CNC(=O)C(C)(C)Oc1ccc(C(=O)c2ccc(C)cc2)cc1. The summed E-state index contributed by atoms with van der Waals surface area (Å²) in [5.74, 6) is 0.290. The third-order valence-electron chi connectivity index (χ3n) is 3.58. The Kier molecular flexibility index (Phi) is 4.84. The number of benzene rings is 2. The molecule has 0 heterocycles. The first-order chi connectivity index (χ1) is 10.8. The van der Waals surface area contributed by atoms with E-state index in [0.717, 1.165) is 5.56 Å². The molecule has 2 rings (SSSR count). The van der Waals surface area contributed by atoms with Gasteiger partial charge in [0.15, 0.2) is 11.4 Å². The van der Waals surface area contributed by atoms with Crippen LogP contribution in [0.2, 0.25) is 0 Å². The molecule has 0 aliphatic rings. The molecule has 2 aromatic carbocycles. The van der Waals surface area contributed by atoms with Gasteiger partial charge in [0, 0.05) is 18.2 Å². The van der Waals surface area contributed by atoms with Crippen LogP contribution in [0.5, 0.6) is 5.75 Å². The molecule has 0 unspecified atom stereocenters. The first-order valence-corrected chi connectivity index (χ1v) is 7.46. The number of ketones is 1. The fourth-order valence-electron chi connectivity index (χ4n) is 2.19. The lowest BCUT2D eigenvalue weighted by atomic mass is 10.0. The summed E-state index contributed by atoms with van der Waals surface area (Å²) in [4.78, 5) is 24.1. The van der Waals surface area contributed by atoms with Gasteiger partial charge in [0.25, 0.3) is 5.91 Å². The van der Waals surface area contributed by atoms with Crippen molar-refractivity contribution >= 4 is 11.7 Å². The highest BCUT2D eigenvalue weighted by molar-refractivity contribution is 6.09. The van der Waals surface area contributed by atoms with Crippen LogP contribution in [0.1, 0.15) is 35.3 Å². The van der Waals surface area contributed by atoms with Crippen LogP contribution in [-0.2, 0) is 4.79 Å². The maximum Gasteiger partial charge on any atom is 0.263 e. The van der Waals surface area contributed by atoms with E-state index in [0.29, 0.717) is 16.9 Å². The fourth-order valence-corrected chi connectivity index (χ4v) is 2.19. The summed E-state index contributed by atoms with van der Waals surface area (Å²) in [7, 11) is 1.57. The molecule has 0 bridgehead atoms. The molecule has 0 saturated heterocycles. The molecule has 0 fully saturated rings. The Labute approximate surface area is 136 Å². The molecule has 0 aromatic heterocycles. The molecule has 0 saturated carbocycles. The minimum atomic E-state index is -0.975. The lowest BCUT2D eigenvalue weighted by Gasteiger charge is -2.24. The van der Waals surface area contributed by atoms with Crippen molar-refractivity contribution in [3.05, 3.63) is 65.2 Å². The number of nitrogens with one attached hydrogen (secondary N) is 1. The van der Waals surface area contributed by atoms with Crippen molar-refractivity contribution in [3.8, 4) is 5.75 Å². The minimum absolute atomic E-state index is 0.0397. The van der Waals surface area contributed by atoms with Gasteiger partial charge in [0.2, 0.25) is 0 Å². The van der Waals surface area contributed by atoms with E-state index in [1.54, 1.807) is 45.2 Å². The average Bonchev–Trinajstić information content (AvgIpc) is 2.54. The molecular weight excluding hydrogens is 290 g/mol. The number of carbonyl (C=O) groups excluding carboxylic acids is 2. The molecule has 1 amide bonds. The van der Waals surface area contributed by atoms with Crippen LogP contribution in [0, 0.1) is 6.92 Å². The van der Waals surface area contributed by atoms with Crippen LogP contribution in [0.25, 0.3) is 0 Å². The minimum Gasteiger partial charge on any atom is -0.478 e. The monoisotopic (exact) mass is 311 g/mol. The molecule has 0 radical (unpaired) electrons. The Morgan fingerprint density at radius 2 is 1.39 bits per heavy atom. The van der Waals surface area contributed by atoms with Gasteiger partial charge in [0.05, 0.1) is 0 Å². The smallest absolute Gasteiger partial charge is 0.263 e. The Bertz CT molecular complexity index is 700. The molecule has 23 heavy (non-hydrogen) atoms. The second-order valence-corrected chi connectivity index (χ2v) is 5.91. The van der Waals surface area contributed by atoms with E-state index in [9.17, 15) is 9.59 Å². The number of hydrogen-bond acceptors (Lipinski definition) is 3. The van der Waals surface area contributed by atoms with Crippen molar-refractivity contribution in [2.45, 2.75) is 26.4 Å². The Balaban J connectivity index is 2.15. The zero-order chi connectivity index (χ0) is 17.0. The van der Waals surface area contributed by atoms with Crippen LogP contribution in [0.3, 0.4) is 0 Å². The highest BCUT2D eigenvalue weighted by Gasteiger charge is 2.28. The number of likely N-dealkylation sites (N-methyl/N-ethyl adjacent to an activating group) is 1. The second-order valence-electron chi connectivity index (χ2n) is 5.91. The van der Waals surface area contributed by atoms with Crippen LogP contribution in [0.15, 0.2) is 48.5 Å². The number of carbonyl (C=O) groups is 2. The van der Waals surface area contributed by atoms with Crippen molar-refractivity contribution in [2.75, 3.05) is 7.05 Å². The molecule has 0 atom stereocenters. The van der Waals surface area contributed by atoms with Gasteiger partial charge in [-0.3, -0.25) is 9.59 Å². The maximum absolute atomic E-state index is 12.4. The number of rotatable bonds is 5. The van der Waals surface area contributed by atoms with E-state index in [1.807, 2.05) is 31.2 Å². The summed E-state index contributed by atoms with van der Waals surface area (Å²) < 4.78 is 5.69. The van der Waals surface area contributed by atoms with Gasteiger partial charge < -0.3 is 10.1 Å². The Hall–Kier alpha value is -2.62. The predicted octanol–water partition coefficient (Wildman–Crippen LogP) is 3.13. The highest BCUT2D eigenvalue weighted by Crippen LogP contribution is 2.20. The zero-order valence-corrected chi connectivity index (χ0v) is 13.8. The Morgan fingerprint density at radius 1 is 0.913 bits per heavy atom. The predicted molar refractivity (Wildman–Crippen MR) is 89.8 cm³/mol. The zero-order valence-electron chi connectivity index (χ0n) is 13.8. The van der Waals surface area contributed by atoms with Crippen LogP contribution in [-0.4, -0.2) is 24.3 Å². The lowest BCUT2D eigenvalue weighted by molar-refractivity contribution is -0.133. The van der Waals surface area contributed by atoms with Crippen LogP contribution in [0.4, 0.5) is 0 Å². The number of ether oxygens (including phenoxy) is 1. The standard InChI is InChI=1S/C19H21NO3/c1-13-5-7-14(8-6-13)17(21)15-9-11-16(12-10-15)23-19(2,3)18(22)20-4/h5-12H,1-4H3,(H,20,22). The molecule has 120 valence electrons. The Morgan fingerprint density at radius 3 is 1.87 bits per heavy atom. The third kappa shape index (κ3) is 3.97. The van der Waals surface area contributed by atoms with E-state index in [2.05, 4.69) is 5.32 Å². The molecular formula is C19H21NO3. The normalized spacial score (nSPS) is 11.0. The molecule has 0 spiro atoms. The van der Waals surface area contributed by atoms with E-state index < -0.39 is 5.60 Å². The summed E-state index contributed by atoms with van der Waals surface area (Å²) >= 11 is 0. The molecule has 1 N–H and O–H groups in total. The second kappa shape index (κ2) is 6.65. The maximum atomic E-state index is 12.4. The number of hydrogen-bond donors (Lipinski definition) is 1. The molecule has 0 aliphatic carbocycles. The van der Waals surface area contributed by atoms with Gasteiger partial charge >= 0.3 is 0 Å². The molecule has 4 nitrogen and oxygen atoms in total. The number of amides is 1. The van der Waals surface area contributed by atoms with Crippen molar-refractivity contribution in [2.24, 2.45) is 0 Å². The quantitative estimate of drug-likeness (QED) is 0.863. The fraction of sp³-hybridized carbons (Fsp3) is 0.263. The van der Waals surface area contributed by atoms with E-state index in [4.69, 9.17) is 4.74 Å². The molecule has 2 aromatic rings. The van der Waals surface area contributed by atoms with Crippen LogP contribution < -0.4 is 10.1 Å². The number of aryl methyl sites for hydroxylation is 1. The summed E-state index contributed by atoms with van der Waals surface area (Å²) in [6.07, 6.45) is 0. The molecule has 0 aliphatic heterocycles.